The van der Waals surface area contributed by atoms with Gasteiger partial charge in [0.2, 0.25) is 5.03 Å². The van der Waals surface area contributed by atoms with Crippen LogP contribution in [0.15, 0.2) is 23.4 Å². The second kappa shape index (κ2) is 5.41. The van der Waals surface area contributed by atoms with Gasteiger partial charge in [-0.1, -0.05) is 20.8 Å². The van der Waals surface area contributed by atoms with E-state index in [4.69, 9.17) is 0 Å². The summed E-state index contributed by atoms with van der Waals surface area (Å²) in [5.74, 6) is -0.298. The molecule has 0 bridgehead atoms. The van der Waals surface area contributed by atoms with Crippen molar-refractivity contribution in [2.45, 2.75) is 38.6 Å². The zero-order valence-corrected chi connectivity index (χ0v) is 13.0. The zero-order chi connectivity index (χ0) is 15.0. The molecule has 0 amide bonds. The maximum atomic E-state index is 13.6. The van der Waals surface area contributed by atoms with Crippen molar-refractivity contribution in [2.75, 3.05) is 13.1 Å². The van der Waals surface area contributed by atoms with Crippen LogP contribution in [0.3, 0.4) is 0 Å². The zero-order valence-electron chi connectivity index (χ0n) is 12.1. The molecular weight excluding hydrogens is 279 g/mol. The molecule has 0 unspecified atom stereocenters. The van der Waals surface area contributed by atoms with Gasteiger partial charge in [-0.05, 0) is 36.3 Å². The highest BCUT2D eigenvalue weighted by molar-refractivity contribution is 7.89. The highest BCUT2D eigenvalue weighted by Crippen LogP contribution is 2.35. The molecule has 112 valence electrons. The standard InChI is InChI=1S/C14H21FN2O2S/c1-14(2,3)11-6-9-17(10-7-11)20(18,19)13-12(15)5-4-8-16-13/h4-5,8,11H,6-7,9-10H2,1-3H3. The van der Waals surface area contributed by atoms with Crippen LogP contribution in [0, 0.1) is 17.2 Å². The Kier molecular flexibility index (Phi) is 4.16. The van der Waals surface area contributed by atoms with E-state index in [1.165, 1.54) is 16.6 Å². The molecule has 1 aromatic heterocycles. The molecule has 2 rings (SSSR count). The molecule has 1 saturated heterocycles. The van der Waals surface area contributed by atoms with Crippen LogP contribution in [0.4, 0.5) is 4.39 Å². The van der Waals surface area contributed by atoms with Crippen LogP contribution in [0.1, 0.15) is 33.6 Å². The second-order valence-corrected chi connectivity index (χ2v) is 8.19. The lowest BCUT2D eigenvalue weighted by Crippen LogP contribution is -2.41. The van der Waals surface area contributed by atoms with Crippen molar-refractivity contribution in [2.24, 2.45) is 11.3 Å². The Morgan fingerprint density at radius 3 is 2.40 bits per heavy atom. The first-order valence-corrected chi connectivity index (χ1v) is 8.27. The normalized spacial score (nSPS) is 19.2. The van der Waals surface area contributed by atoms with E-state index in [1.807, 2.05) is 0 Å². The van der Waals surface area contributed by atoms with Crippen molar-refractivity contribution in [3.63, 3.8) is 0 Å². The monoisotopic (exact) mass is 300 g/mol. The molecule has 0 saturated carbocycles. The second-order valence-electron chi connectivity index (χ2n) is 6.33. The van der Waals surface area contributed by atoms with Gasteiger partial charge in [-0.15, -0.1) is 0 Å². The van der Waals surface area contributed by atoms with Crippen LogP contribution in [-0.2, 0) is 10.0 Å². The number of rotatable bonds is 2. The Bertz CT molecular complexity index is 573. The van der Waals surface area contributed by atoms with E-state index >= 15 is 0 Å². The molecule has 1 aliphatic heterocycles. The minimum Gasteiger partial charge on any atom is -0.241 e. The Balaban J connectivity index is 2.16. The summed E-state index contributed by atoms with van der Waals surface area (Å²) in [6.45, 7) is 7.36. The Labute approximate surface area is 120 Å². The van der Waals surface area contributed by atoms with Gasteiger partial charge in [-0.25, -0.2) is 17.8 Å². The molecule has 2 heterocycles. The van der Waals surface area contributed by atoms with Gasteiger partial charge in [0.05, 0.1) is 0 Å². The maximum Gasteiger partial charge on any atom is 0.263 e. The van der Waals surface area contributed by atoms with Crippen molar-refractivity contribution in [3.8, 4) is 0 Å². The summed E-state index contributed by atoms with van der Waals surface area (Å²) >= 11 is 0. The summed E-state index contributed by atoms with van der Waals surface area (Å²) in [6, 6.07) is 2.52. The third-order valence-electron chi connectivity index (χ3n) is 3.99. The lowest BCUT2D eigenvalue weighted by molar-refractivity contribution is 0.153. The van der Waals surface area contributed by atoms with Gasteiger partial charge in [0.1, 0.15) is 0 Å². The van der Waals surface area contributed by atoms with Crippen LogP contribution in [0.25, 0.3) is 0 Å². The van der Waals surface area contributed by atoms with Crippen molar-refractivity contribution in [1.29, 1.82) is 0 Å². The van der Waals surface area contributed by atoms with Gasteiger partial charge in [0.25, 0.3) is 10.0 Å². The van der Waals surface area contributed by atoms with E-state index in [1.54, 1.807) is 0 Å². The fourth-order valence-corrected chi connectivity index (χ4v) is 4.09. The fraction of sp³-hybridized carbons (Fsp3) is 0.643. The highest BCUT2D eigenvalue weighted by atomic mass is 32.2. The van der Waals surface area contributed by atoms with Crippen molar-refractivity contribution < 1.29 is 12.8 Å². The van der Waals surface area contributed by atoms with E-state index < -0.39 is 20.9 Å². The molecule has 6 heteroatoms. The third kappa shape index (κ3) is 3.01. The predicted molar refractivity (Wildman–Crippen MR) is 75.1 cm³/mol. The van der Waals surface area contributed by atoms with Crippen LogP contribution >= 0.6 is 0 Å². The van der Waals surface area contributed by atoms with Gasteiger partial charge >= 0.3 is 0 Å². The molecule has 0 radical (unpaired) electrons. The fourth-order valence-electron chi connectivity index (χ4n) is 2.65. The predicted octanol–water partition coefficient (Wildman–Crippen LogP) is 2.67. The molecule has 1 aromatic rings. The quantitative estimate of drug-likeness (QED) is 0.843. The van der Waals surface area contributed by atoms with Crippen molar-refractivity contribution in [3.05, 3.63) is 24.1 Å². The summed E-state index contributed by atoms with van der Waals surface area (Å²) < 4.78 is 39.8. The minimum absolute atomic E-state index is 0.173. The molecule has 0 aliphatic carbocycles. The first-order chi connectivity index (χ1) is 9.23. The average Bonchev–Trinajstić information content (AvgIpc) is 2.38. The van der Waals surface area contributed by atoms with Gasteiger partial charge < -0.3 is 0 Å². The molecule has 0 spiro atoms. The smallest absolute Gasteiger partial charge is 0.241 e. The van der Waals surface area contributed by atoms with E-state index in [-0.39, 0.29) is 5.41 Å². The number of sulfonamides is 1. The maximum absolute atomic E-state index is 13.6. The molecule has 4 nitrogen and oxygen atoms in total. The summed E-state index contributed by atoms with van der Waals surface area (Å²) in [5.41, 5.74) is 0.173. The lowest BCUT2D eigenvalue weighted by atomic mass is 9.76. The van der Waals surface area contributed by atoms with Gasteiger partial charge in [-0.2, -0.15) is 4.31 Å². The lowest BCUT2D eigenvalue weighted by Gasteiger charge is -2.38. The molecular formula is C14H21FN2O2S. The topological polar surface area (TPSA) is 50.3 Å². The first-order valence-electron chi connectivity index (χ1n) is 6.83. The SMILES string of the molecule is CC(C)(C)C1CCN(S(=O)(=O)c2ncccc2F)CC1. The van der Waals surface area contributed by atoms with Gasteiger partial charge in [-0.3, -0.25) is 0 Å². The molecule has 1 fully saturated rings. The molecule has 0 N–H and O–H groups in total. The van der Waals surface area contributed by atoms with Crippen LogP contribution < -0.4 is 0 Å². The van der Waals surface area contributed by atoms with E-state index in [0.717, 1.165) is 18.9 Å². The largest absolute Gasteiger partial charge is 0.263 e. The number of aromatic nitrogens is 1. The summed E-state index contributed by atoms with van der Waals surface area (Å²) in [4.78, 5) is 3.69. The van der Waals surface area contributed by atoms with Gasteiger partial charge in [0, 0.05) is 19.3 Å². The third-order valence-corrected chi connectivity index (χ3v) is 5.82. The van der Waals surface area contributed by atoms with Gasteiger partial charge in [0.15, 0.2) is 5.82 Å². The summed E-state index contributed by atoms with van der Waals surface area (Å²) in [5, 5.41) is -0.464. The Morgan fingerprint density at radius 1 is 1.30 bits per heavy atom. The van der Waals surface area contributed by atoms with Crippen molar-refractivity contribution in [1.82, 2.24) is 9.29 Å². The van der Waals surface area contributed by atoms with E-state index in [2.05, 4.69) is 25.8 Å². The summed E-state index contributed by atoms with van der Waals surface area (Å²) in [7, 11) is -3.81. The molecule has 0 aromatic carbocycles. The van der Waals surface area contributed by atoms with Crippen LogP contribution in [0.5, 0.6) is 0 Å². The van der Waals surface area contributed by atoms with Crippen LogP contribution in [-0.4, -0.2) is 30.8 Å². The molecule has 20 heavy (non-hydrogen) atoms. The number of piperidine rings is 1. The summed E-state index contributed by atoms with van der Waals surface area (Å²) in [6.07, 6.45) is 2.91. The Morgan fingerprint density at radius 2 is 1.90 bits per heavy atom. The van der Waals surface area contributed by atoms with Crippen LogP contribution in [0.2, 0.25) is 0 Å². The highest BCUT2D eigenvalue weighted by Gasteiger charge is 2.35. The Hall–Kier alpha value is -1.01. The van der Waals surface area contributed by atoms with E-state index in [9.17, 15) is 12.8 Å². The van der Waals surface area contributed by atoms with E-state index in [0.29, 0.717) is 19.0 Å². The average molecular weight is 300 g/mol. The number of pyridine rings is 1. The number of hydrogen-bond acceptors (Lipinski definition) is 3. The first kappa shape index (κ1) is 15.4. The number of hydrogen-bond donors (Lipinski definition) is 0. The molecule has 0 atom stereocenters. The molecule has 1 aliphatic rings. The van der Waals surface area contributed by atoms with Crippen molar-refractivity contribution >= 4 is 10.0 Å². The number of nitrogens with zero attached hydrogens (tertiary/aromatic N) is 2. The number of halogens is 1. The minimum atomic E-state index is -3.81.